The van der Waals surface area contributed by atoms with E-state index < -0.39 is 66.3 Å². The zero-order valence-electron chi connectivity index (χ0n) is 19.3. The molecular formula is C22H30N6O7. The summed E-state index contributed by atoms with van der Waals surface area (Å²) < 4.78 is 0. The van der Waals surface area contributed by atoms with E-state index in [1.54, 1.807) is 12.3 Å². The van der Waals surface area contributed by atoms with Crippen molar-refractivity contribution in [2.75, 3.05) is 0 Å². The SMILES string of the molecule is CC(NC(=O)C(CC(N)=O)NC(=O)C(N)C(C)O)C(=O)NC(Cc1c[nH]c2ccccc12)C(=O)O. The Kier molecular flexibility index (Phi) is 9.31. The van der Waals surface area contributed by atoms with Crippen molar-refractivity contribution in [2.45, 2.75) is 57.0 Å². The standard InChI is InChI=1S/C22H30N6O7/c1-10(26-20(32)15(8-17(23)30)27-21(33)18(24)11(2)29)19(31)28-16(22(34)35)7-12-9-25-14-6-4-3-5-13(12)14/h3-6,9-11,15-16,18,25,29H,7-8,24H2,1-2H3,(H2,23,30)(H,26,32)(H,27,33)(H,28,31)(H,34,35). The molecule has 0 saturated carbocycles. The van der Waals surface area contributed by atoms with Crippen LogP contribution in [0.5, 0.6) is 0 Å². The van der Waals surface area contributed by atoms with Crippen LogP contribution in [0.1, 0.15) is 25.8 Å². The second-order valence-corrected chi connectivity index (χ2v) is 8.19. The number of carbonyl (C=O) groups excluding carboxylic acids is 4. The molecule has 10 N–H and O–H groups in total. The van der Waals surface area contributed by atoms with Gasteiger partial charge in [0.15, 0.2) is 0 Å². The van der Waals surface area contributed by atoms with Crippen molar-refractivity contribution in [1.29, 1.82) is 0 Å². The maximum absolute atomic E-state index is 12.6. The van der Waals surface area contributed by atoms with Gasteiger partial charge in [0.1, 0.15) is 24.2 Å². The molecule has 0 saturated heterocycles. The number of aliphatic hydroxyl groups excluding tert-OH is 1. The summed E-state index contributed by atoms with van der Waals surface area (Å²) in [5.74, 6) is -4.79. The minimum atomic E-state index is -1.46. The first kappa shape index (κ1) is 27.3. The van der Waals surface area contributed by atoms with E-state index in [2.05, 4.69) is 20.9 Å². The lowest BCUT2D eigenvalue weighted by atomic mass is 10.0. The highest BCUT2D eigenvalue weighted by Crippen LogP contribution is 2.19. The van der Waals surface area contributed by atoms with E-state index in [4.69, 9.17) is 11.5 Å². The van der Waals surface area contributed by atoms with E-state index >= 15 is 0 Å². The summed E-state index contributed by atoms with van der Waals surface area (Å²) >= 11 is 0. The fraction of sp³-hybridized carbons (Fsp3) is 0.409. The summed E-state index contributed by atoms with van der Waals surface area (Å²) in [5.41, 5.74) is 12.2. The fourth-order valence-corrected chi connectivity index (χ4v) is 3.29. The lowest BCUT2D eigenvalue weighted by Gasteiger charge is -2.23. The topological polar surface area (TPSA) is 230 Å². The molecule has 0 spiro atoms. The third-order valence-electron chi connectivity index (χ3n) is 5.33. The molecule has 0 bridgehead atoms. The smallest absolute Gasteiger partial charge is 0.326 e. The monoisotopic (exact) mass is 490 g/mol. The van der Waals surface area contributed by atoms with Gasteiger partial charge in [0.05, 0.1) is 12.5 Å². The van der Waals surface area contributed by atoms with Crippen molar-refractivity contribution < 1.29 is 34.2 Å². The van der Waals surface area contributed by atoms with Gasteiger partial charge >= 0.3 is 5.97 Å². The van der Waals surface area contributed by atoms with Crippen LogP contribution in [0.15, 0.2) is 30.5 Å². The van der Waals surface area contributed by atoms with Gasteiger partial charge in [-0.2, -0.15) is 0 Å². The number of nitrogens with two attached hydrogens (primary N) is 2. The molecule has 5 atom stereocenters. The largest absolute Gasteiger partial charge is 0.480 e. The molecule has 190 valence electrons. The molecule has 0 aliphatic rings. The normalized spacial score (nSPS) is 15.3. The highest BCUT2D eigenvalue weighted by atomic mass is 16.4. The number of aliphatic hydroxyl groups is 1. The summed E-state index contributed by atoms with van der Waals surface area (Å²) in [4.78, 5) is 63.5. The van der Waals surface area contributed by atoms with E-state index in [1.807, 2.05) is 18.2 Å². The van der Waals surface area contributed by atoms with Gasteiger partial charge in [-0.25, -0.2) is 4.79 Å². The molecule has 1 heterocycles. The zero-order valence-corrected chi connectivity index (χ0v) is 19.3. The first-order valence-electron chi connectivity index (χ1n) is 10.8. The van der Waals surface area contributed by atoms with Gasteiger partial charge in [-0.3, -0.25) is 19.2 Å². The van der Waals surface area contributed by atoms with Gasteiger partial charge in [-0.15, -0.1) is 0 Å². The molecule has 0 radical (unpaired) electrons. The van der Waals surface area contributed by atoms with E-state index in [1.165, 1.54) is 13.8 Å². The number of benzene rings is 1. The molecule has 1 aromatic carbocycles. The van der Waals surface area contributed by atoms with E-state index in [-0.39, 0.29) is 6.42 Å². The summed E-state index contributed by atoms with van der Waals surface area (Å²) in [7, 11) is 0. The molecular weight excluding hydrogens is 460 g/mol. The number of H-pyrrole nitrogens is 1. The molecule has 13 nitrogen and oxygen atoms in total. The number of nitrogens with one attached hydrogen (secondary N) is 4. The van der Waals surface area contributed by atoms with Crippen molar-refractivity contribution in [3.8, 4) is 0 Å². The quantitative estimate of drug-likeness (QED) is 0.163. The number of aromatic nitrogens is 1. The van der Waals surface area contributed by atoms with Crippen LogP contribution in [0.25, 0.3) is 10.9 Å². The van der Waals surface area contributed by atoms with E-state index in [9.17, 15) is 34.2 Å². The number of amides is 4. The van der Waals surface area contributed by atoms with Crippen molar-refractivity contribution in [3.63, 3.8) is 0 Å². The third-order valence-corrected chi connectivity index (χ3v) is 5.33. The highest BCUT2D eigenvalue weighted by molar-refractivity contribution is 5.96. The van der Waals surface area contributed by atoms with Crippen LogP contribution in [0, 0.1) is 0 Å². The molecule has 1 aromatic heterocycles. The summed E-state index contributed by atoms with van der Waals surface area (Å²) in [5, 5.41) is 26.8. The lowest BCUT2D eigenvalue weighted by Crippen LogP contribution is -2.58. The fourth-order valence-electron chi connectivity index (χ4n) is 3.29. The molecule has 0 fully saturated rings. The number of aromatic amines is 1. The second kappa shape index (κ2) is 11.9. The average molecular weight is 491 g/mol. The zero-order chi connectivity index (χ0) is 26.3. The van der Waals surface area contributed by atoms with Gasteiger partial charge in [0.2, 0.25) is 23.6 Å². The van der Waals surface area contributed by atoms with Crippen LogP contribution in [0.3, 0.4) is 0 Å². The Morgan fingerprint density at radius 1 is 0.971 bits per heavy atom. The number of carbonyl (C=O) groups is 5. The summed E-state index contributed by atoms with van der Waals surface area (Å²) in [6.45, 7) is 2.58. The summed E-state index contributed by atoms with van der Waals surface area (Å²) in [6, 6.07) is 1.97. The molecule has 0 aliphatic heterocycles. The lowest BCUT2D eigenvalue weighted by molar-refractivity contribution is -0.142. The molecule has 0 aliphatic carbocycles. The van der Waals surface area contributed by atoms with Crippen LogP contribution in [-0.2, 0) is 30.4 Å². The predicted octanol–water partition coefficient (Wildman–Crippen LogP) is -2.15. The van der Waals surface area contributed by atoms with E-state index in [0.29, 0.717) is 5.56 Å². The number of hydrogen-bond donors (Lipinski definition) is 8. The van der Waals surface area contributed by atoms with Crippen molar-refractivity contribution in [2.24, 2.45) is 11.5 Å². The maximum atomic E-state index is 12.6. The number of aliphatic carboxylic acids is 1. The first-order valence-corrected chi connectivity index (χ1v) is 10.8. The van der Waals surface area contributed by atoms with Crippen LogP contribution in [0.4, 0.5) is 0 Å². The van der Waals surface area contributed by atoms with Gasteiger partial charge in [-0.1, -0.05) is 18.2 Å². The van der Waals surface area contributed by atoms with Crippen LogP contribution in [-0.4, -0.2) is 75.1 Å². The maximum Gasteiger partial charge on any atom is 0.326 e. The molecule has 5 unspecified atom stereocenters. The van der Waals surface area contributed by atoms with Gasteiger partial charge < -0.3 is 42.6 Å². The van der Waals surface area contributed by atoms with Crippen molar-refractivity contribution in [1.82, 2.24) is 20.9 Å². The minimum Gasteiger partial charge on any atom is -0.480 e. The molecule has 35 heavy (non-hydrogen) atoms. The second-order valence-electron chi connectivity index (χ2n) is 8.19. The van der Waals surface area contributed by atoms with Gasteiger partial charge in [-0.05, 0) is 25.5 Å². The average Bonchev–Trinajstić information content (AvgIpc) is 3.19. The highest BCUT2D eigenvalue weighted by Gasteiger charge is 2.30. The number of carboxylic acid groups (broad SMARTS) is 1. The number of fused-ring (bicyclic) bond motifs is 1. The Labute approximate surface area is 200 Å². The molecule has 13 heteroatoms. The number of carboxylic acids is 1. The van der Waals surface area contributed by atoms with Crippen LogP contribution < -0.4 is 27.4 Å². The molecule has 2 rings (SSSR count). The molecule has 2 aromatic rings. The Morgan fingerprint density at radius 3 is 2.20 bits per heavy atom. The Balaban J connectivity index is 2.05. The minimum absolute atomic E-state index is 0.0106. The van der Waals surface area contributed by atoms with E-state index in [0.717, 1.165) is 10.9 Å². The third kappa shape index (κ3) is 7.52. The predicted molar refractivity (Wildman–Crippen MR) is 125 cm³/mol. The van der Waals surface area contributed by atoms with Crippen LogP contribution >= 0.6 is 0 Å². The first-order chi connectivity index (χ1) is 16.4. The Morgan fingerprint density at radius 2 is 1.60 bits per heavy atom. The van der Waals surface area contributed by atoms with Gasteiger partial charge in [0, 0.05) is 23.5 Å². The summed E-state index contributed by atoms with van der Waals surface area (Å²) in [6.07, 6.45) is -0.158. The number of para-hydroxylation sites is 1. The number of rotatable bonds is 12. The molecule has 4 amide bonds. The van der Waals surface area contributed by atoms with Crippen molar-refractivity contribution in [3.05, 3.63) is 36.0 Å². The van der Waals surface area contributed by atoms with Crippen molar-refractivity contribution >= 4 is 40.5 Å². The van der Waals surface area contributed by atoms with Crippen LogP contribution in [0.2, 0.25) is 0 Å². The Hall–Kier alpha value is -3.97. The van der Waals surface area contributed by atoms with Gasteiger partial charge in [0.25, 0.3) is 0 Å². The Bertz CT molecular complexity index is 1100. The number of hydrogen-bond acceptors (Lipinski definition) is 7. The number of primary amides is 1.